The van der Waals surface area contributed by atoms with Gasteiger partial charge in [0.25, 0.3) is 0 Å². The molecule has 32 heavy (non-hydrogen) atoms. The predicted octanol–water partition coefficient (Wildman–Crippen LogP) is 1.91. The van der Waals surface area contributed by atoms with Crippen molar-refractivity contribution in [3.63, 3.8) is 0 Å². The van der Waals surface area contributed by atoms with E-state index in [1.54, 1.807) is 0 Å². The van der Waals surface area contributed by atoms with E-state index in [0.29, 0.717) is 30.7 Å². The highest BCUT2D eigenvalue weighted by atomic mass is 35.5. The molecule has 3 atom stereocenters. The van der Waals surface area contributed by atoms with Gasteiger partial charge in [0, 0.05) is 24.5 Å². The summed E-state index contributed by atoms with van der Waals surface area (Å²) in [5, 5.41) is 13.2. The Morgan fingerprint density at radius 2 is 1.88 bits per heavy atom. The quantitative estimate of drug-likeness (QED) is 0.465. The zero-order chi connectivity index (χ0) is 23.0. The Kier molecular flexibility index (Phi) is 9.76. The third kappa shape index (κ3) is 7.67. The summed E-state index contributed by atoms with van der Waals surface area (Å²) >= 11 is 5.81. The van der Waals surface area contributed by atoms with E-state index in [2.05, 4.69) is 14.9 Å². The summed E-state index contributed by atoms with van der Waals surface area (Å²) in [6.45, 7) is 2.91. The number of halogens is 1. The first-order valence-electron chi connectivity index (χ1n) is 11.4. The molecule has 0 bridgehead atoms. The van der Waals surface area contributed by atoms with E-state index in [9.17, 15) is 18.3 Å². The molecular formula is C22H34ClN3O5S. The predicted molar refractivity (Wildman–Crippen MR) is 123 cm³/mol. The van der Waals surface area contributed by atoms with Gasteiger partial charge < -0.3 is 20.1 Å². The first-order chi connectivity index (χ1) is 15.4. The lowest BCUT2D eigenvalue weighted by atomic mass is 9.97. The number of nitrogens with zero attached hydrogens (tertiary/aromatic N) is 1. The van der Waals surface area contributed by atoms with Crippen molar-refractivity contribution in [2.75, 3.05) is 32.8 Å². The second-order valence-corrected chi connectivity index (χ2v) is 10.7. The van der Waals surface area contributed by atoms with Gasteiger partial charge in [-0.3, -0.25) is 4.79 Å². The van der Waals surface area contributed by atoms with Crippen molar-refractivity contribution in [2.45, 2.75) is 68.1 Å². The highest BCUT2D eigenvalue weighted by Gasteiger charge is 2.32. The first kappa shape index (κ1) is 25.4. The van der Waals surface area contributed by atoms with Crippen LogP contribution < -0.4 is 10.0 Å². The number of rotatable bonds is 10. The number of benzene rings is 1. The number of hydrogen-bond acceptors (Lipinski definition) is 6. The average molecular weight is 488 g/mol. The van der Waals surface area contributed by atoms with Gasteiger partial charge in [0.05, 0.1) is 23.6 Å². The van der Waals surface area contributed by atoms with Crippen LogP contribution in [0.1, 0.15) is 44.9 Å². The number of aliphatic hydroxyl groups excluding tert-OH is 1. The summed E-state index contributed by atoms with van der Waals surface area (Å²) in [4.78, 5) is 14.9. The number of nitrogens with one attached hydrogen (secondary N) is 2. The highest BCUT2D eigenvalue weighted by molar-refractivity contribution is 7.89. The number of ether oxygens (including phenoxy) is 1. The molecule has 0 aliphatic carbocycles. The van der Waals surface area contributed by atoms with E-state index in [0.717, 1.165) is 19.6 Å². The van der Waals surface area contributed by atoms with Crippen LogP contribution in [0.25, 0.3) is 0 Å². The Morgan fingerprint density at radius 1 is 1.16 bits per heavy atom. The molecular weight excluding hydrogens is 454 g/mol. The minimum Gasteiger partial charge on any atom is -0.394 e. The lowest BCUT2D eigenvalue weighted by molar-refractivity contribution is -0.128. The Balaban J connectivity index is 1.39. The molecule has 2 heterocycles. The molecule has 2 fully saturated rings. The molecule has 1 amide bonds. The van der Waals surface area contributed by atoms with Crippen molar-refractivity contribution in [3.05, 3.63) is 29.3 Å². The molecule has 0 aromatic heterocycles. The van der Waals surface area contributed by atoms with E-state index >= 15 is 0 Å². The molecule has 2 aliphatic heterocycles. The summed E-state index contributed by atoms with van der Waals surface area (Å²) in [5.41, 5.74) is 0. The minimum atomic E-state index is -3.61. The highest BCUT2D eigenvalue weighted by Crippen LogP contribution is 2.22. The molecule has 0 radical (unpaired) electrons. The maximum atomic E-state index is 12.4. The van der Waals surface area contributed by atoms with Gasteiger partial charge in [-0.1, -0.05) is 18.0 Å². The topological polar surface area (TPSA) is 108 Å². The van der Waals surface area contributed by atoms with Crippen LogP contribution in [0.5, 0.6) is 0 Å². The molecule has 1 aromatic rings. The van der Waals surface area contributed by atoms with Crippen LogP contribution in [0.3, 0.4) is 0 Å². The normalized spacial score (nSPS) is 24.9. The van der Waals surface area contributed by atoms with Gasteiger partial charge in [0.2, 0.25) is 15.9 Å². The van der Waals surface area contributed by atoms with Crippen molar-refractivity contribution in [3.8, 4) is 0 Å². The monoisotopic (exact) mass is 487 g/mol. The molecule has 3 rings (SSSR count). The number of aliphatic hydroxyl groups is 1. The number of carbonyl (C=O) groups is 1. The van der Waals surface area contributed by atoms with E-state index in [-0.39, 0.29) is 36.1 Å². The largest absolute Gasteiger partial charge is 0.394 e. The van der Waals surface area contributed by atoms with Crippen molar-refractivity contribution in [2.24, 2.45) is 0 Å². The number of piperidine rings is 1. The van der Waals surface area contributed by atoms with E-state index in [1.165, 1.54) is 43.5 Å². The van der Waals surface area contributed by atoms with Crippen molar-refractivity contribution in [1.29, 1.82) is 0 Å². The first-order valence-corrected chi connectivity index (χ1v) is 13.3. The number of likely N-dealkylation sites (tertiary alicyclic amines) is 1. The Bertz CT molecular complexity index is 830. The van der Waals surface area contributed by atoms with Gasteiger partial charge in [-0.25, -0.2) is 13.1 Å². The van der Waals surface area contributed by atoms with Gasteiger partial charge >= 0.3 is 0 Å². The van der Waals surface area contributed by atoms with Crippen molar-refractivity contribution in [1.82, 2.24) is 14.9 Å². The maximum Gasteiger partial charge on any atom is 0.240 e. The van der Waals surface area contributed by atoms with Crippen molar-refractivity contribution < 1.29 is 23.1 Å². The zero-order valence-corrected chi connectivity index (χ0v) is 19.9. The minimum absolute atomic E-state index is 0.0169. The van der Waals surface area contributed by atoms with E-state index < -0.39 is 16.1 Å². The molecule has 0 saturated carbocycles. The van der Waals surface area contributed by atoms with E-state index in [1.807, 2.05) is 0 Å². The summed E-state index contributed by atoms with van der Waals surface area (Å²) < 4.78 is 33.3. The molecule has 2 aliphatic rings. The molecule has 8 nitrogen and oxygen atoms in total. The summed E-state index contributed by atoms with van der Waals surface area (Å²) in [7, 11) is -3.61. The molecule has 0 unspecified atom stereocenters. The fourth-order valence-electron chi connectivity index (χ4n) is 4.28. The average Bonchev–Trinajstić information content (AvgIpc) is 2.79. The second kappa shape index (κ2) is 12.3. The maximum absolute atomic E-state index is 12.4. The smallest absolute Gasteiger partial charge is 0.240 e. The van der Waals surface area contributed by atoms with Crippen LogP contribution in [-0.2, 0) is 19.6 Å². The molecule has 1 aromatic carbocycles. The SMILES string of the molecule is O=C(CCN1CCCCC1)N[C@@H]1CC[C@H](CCNS(=O)(=O)c2ccc(Cl)cc2)O[C@H]1CO. The summed E-state index contributed by atoms with van der Waals surface area (Å²) in [6, 6.07) is 5.76. The number of carbonyl (C=O) groups excluding carboxylic acids is 1. The van der Waals surface area contributed by atoms with Gasteiger partial charge in [-0.15, -0.1) is 0 Å². The fraction of sp³-hybridized carbons (Fsp3) is 0.682. The number of hydrogen-bond donors (Lipinski definition) is 3. The Morgan fingerprint density at radius 3 is 2.56 bits per heavy atom. The van der Waals surface area contributed by atoms with Gasteiger partial charge in [-0.2, -0.15) is 0 Å². The van der Waals surface area contributed by atoms with Crippen LogP contribution in [0.4, 0.5) is 0 Å². The van der Waals surface area contributed by atoms with Crippen molar-refractivity contribution >= 4 is 27.5 Å². The third-order valence-corrected chi connectivity index (χ3v) is 7.86. The summed E-state index contributed by atoms with van der Waals surface area (Å²) in [5.74, 6) is -0.0169. The molecule has 180 valence electrons. The Labute approximate surface area is 195 Å². The van der Waals surface area contributed by atoms with Crippen LogP contribution in [0, 0.1) is 0 Å². The van der Waals surface area contributed by atoms with Crippen LogP contribution >= 0.6 is 11.6 Å². The standard InChI is InChI=1S/C22H34ClN3O5S/c23-17-4-7-19(8-5-17)32(29,30)24-12-10-18-6-9-20(21(16-27)31-18)25-22(28)11-15-26-13-2-1-3-14-26/h4-5,7-8,18,20-21,24,27H,1-3,6,9-16H2,(H,25,28)/t18-,20-,21+/m1/s1. The van der Waals surface area contributed by atoms with Gasteiger partial charge in [0.1, 0.15) is 6.10 Å². The fourth-order valence-corrected chi connectivity index (χ4v) is 5.46. The number of amides is 1. The van der Waals surface area contributed by atoms with Gasteiger partial charge in [-0.05, 0) is 69.5 Å². The molecule has 10 heteroatoms. The van der Waals surface area contributed by atoms with Crippen LogP contribution in [0.2, 0.25) is 5.02 Å². The van der Waals surface area contributed by atoms with Crippen LogP contribution in [0.15, 0.2) is 29.2 Å². The lowest BCUT2D eigenvalue weighted by Crippen LogP contribution is -2.51. The van der Waals surface area contributed by atoms with Crippen LogP contribution in [-0.4, -0.2) is 75.4 Å². The van der Waals surface area contributed by atoms with Gasteiger partial charge in [0.15, 0.2) is 0 Å². The molecule has 0 spiro atoms. The third-order valence-electron chi connectivity index (χ3n) is 6.13. The number of sulfonamides is 1. The Hall–Kier alpha value is -1.23. The second-order valence-electron chi connectivity index (χ2n) is 8.52. The molecule has 3 N–H and O–H groups in total. The molecule has 2 saturated heterocycles. The lowest BCUT2D eigenvalue weighted by Gasteiger charge is -2.36. The van der Waals surface area contributed by atoms with E-state index in [4.69, 9.17) is 16.3 Å². The zero-order valence-electron chi connectivity index (χ0n) is 18.3. The summed E-state index contributed by atoms with van der Waals surface area (Å²) in [6.07, 6.45) is 5.31.